The lowest BCUT2D eigenvalue weighted by Gasteiger charge is -2.21. The Bertz CT molecular complexity index is 1130. The first-order chi connectivity index (χ1) is 16.0. The van der Waals surface area contributed by atoms with Crippen LogP contribution in [0.15, 0.2) is 60.7 Å². The molecule has 0 fully saturated rings. The van der Waals surface area contributed by atoms with Gasteiger partial charge in [0.05, 0.1) is 20.8 Å². The first-order valence-corrected chi connectivity index (χ1v) is 10.9. The summed E-state index contributed by atoms with van der Waals surface area (Å²) in [5.74, 6) is 2.16. The number of carbonyl (C=O) groups is 1. The summed E-state index contributed by atoms with van der Waals surface area (Å²) < 4.78 is 22.9. The Labute approximate surface area is 194 Å². The second-order valence-electron chi connectivity index (χ2n) is 8.21. The van der Waals surface area contributed by atoms with E-state index in [0.29, 0.717) is 24.5 Å². The van der Waals surface area contributed by atoms with Crippen LogP contribution in [0.25, 0.3) is 11.1 Å². The van der Waals surface area contributed by atoms with Crippen LogP contribution in [0.2, 0.25) is 0 Å². The van der Waals surface area contributed by atoms with E-state index in [-0.39, 0.29) is 18.8 Å². The molecule has 3 aromatic carbocycles. The van der Waals surface area contributed by atoms with Crippen molar-refractivity contribution in [2.75, 3.05) is 27.8 Å². The van der Waals surface area contributed by atoms with Gasteiger partial charge >= 0.3 is 6.09 Å². The fraction of sp³-hybridized carbons (Fsp3) is 0.296. The number of para-hydroxylation sites is 1. The molecule has 1 atom stereocenters. The molecule has 0 saturated carbocycles. The predicted molar refractivity (Wildman–Crippen MR) is 127 cm³/mol. The van der Waals surface area contributed by atoms with Gasteiger partial charge in [-0.1, -0.05) is 48.5 Å². The maximum absolute atomic E-state index is 12.5. The van der Waals surface area contributed by atoms with E-state index in [0.717, 1.165) is 33.6 Å². The summed E-state index contributed by atoms with van der Waals surface area (Å²) in [5, 5.41) is 0. The minimum atomic E-state index is -0.371. The summed E-state index contributed by atoms with van der Waals surface area (Å²) in [6, 6.07) is 19.7. The Balaban J connectivity index is 1.49. The summed E-state index contributed by atoms with van der Waals surface area (Å²) in [7, 11) is 5.00. The summed E-state index contributed by atoms with van der Waals surface area (Å²) in [5.41, 5.74) is 5.07. The summed E-state index contributed by atoms with van der Waals surface area (Å²) in [6.07, 6.45) is 0.183. The third kappa shape index (κ3) is 4.90. The van der Waals surface area contributed by atoms with Gasteiger partial charge in [0.1, 0.15) is 18.5 Å². The lowest BCUT2D eigenvalue weighted by molar-refractivity contribution is 0.0895. The van der Waals surface area contributed by atoms with E-state index in [1.54, 1.807) is 26.2 Å². The Morgan fingerprint density at radius 2 is 1.82 bits per heavy atom. The van der Waals surface area contributed by atoms with E-state index in [2.05, 4.69) is 19.1 Å². The summed E-state index contributed by atoms with van der Waals surface area (Å²) in [4.78, 5) is 14.1. The van der Waals surface area contributed by atoms with Crippen molar-refractivity contribution in [3.05, 3.63) is 77.4 Å². The molecule has 1 unspecified atom stereocenters. The molecular weight excluding hydrogens is 418 g/mol. The number of ether oxygens (including phenoxy) is 4. The third-order valence-electron chi connectivity index (χ3n) is 5.73. The van der Waals surface area contributed by atoms with Crippen molar-refractivity contribution in [2.24, 2.45) is 0 Å². The molecule has 6 nitrogen and oxygen atoms in total. The van der Waals surface area contributed by atoms with Gasteiger partial charge in [0, 0.05) is 24.6 Å². The van der Waals surface area contributed by atoms with Crippen LogP contribution in [0.5, 0.6) is 17.2 Å². The quantitative estimate of drug-likeness (QED) is 0.495. The Morgan fingerprint density at radius 1 is 1.03 bits per heavy atom. The molecule has 0 saturated heterocycles. The fourth-order valence-electron chi connectivity index (χ4n) is 4.20. The van der Waals surface area contributed by atoms with Gasteiger partial charge in [0.25, 0.3) is 0 Å². The largest absolute Gasteiger partial charge is 0.493 e. The molecule has 0 spiro atoms. The molecule has 1 heterocycles. The molecule has 172 valence electrons. The maximum atomic E-state index is 12.5. The van der Waals surface area contributed by atoms with Crippen molar-refractivity contribution in [1.29, 1.82) is 0 Å². The van der Waals surface area contributed by atoms with Crippen LogP contribution >= 0.6 is 0 Å². The number of hydrogen-bond donors (Lipinski definition) is 0. The van der Waals surface area contributed by atoms with Gasteiger partial charge in [-0.2, -0.15) is 0 Å². The van der Waals surface area contributed by atoms with Gasteiger partial charge in [0.2, 0.25) is 0 Å². The van der Waals surface area contributed by atoms with Crippen molar-refractivity contribution in [1.82, 2.24) is 4.90 Å². The minimum Gasteiger partial charge on any atom is -0.493 e. The van der Waals surface area contributed by atoms with E-state index in [1.807, 2.05) is 48.5 Å². The number of carbonyl (C=O) groups excluding carboxylic acids is 1. The van der Waals surface area contributed by atoms with Gasteiger partial charge in [-0.25, -0.2) is 4.79 Å². The standard InChI is InChI=1S/C27H29NO5/c1-18-13-20-15-21(16-28(2)27(29)32-17-19-9-6-5-7-10-19)33-25(20)23(14-18)22-11-8-12-24(30-3)26(22)31-4/h5-14,21H,15-17H2,1-4H3. The molecule has 6 heteroatoms. The molecular formula is C27H29NO5. The molecule has 1 aliphatic rings. The van der Waals surface area contributed by atoms with E-state index < -0.39 is 0 Å². The smallest absolute Gasteiger partial charge is 0.409 e. The Hall–Kier alpha value is -3.67. The van der Waals surface area contributed by atoms with E-state index in [4.69, 9.17) is 18.9 Å². The molecule has 1 aliphatic heterocycles. The minimum absolute atomic E-state index is 0.161. The Morgan fingerprint density at radius 3 is 2.55 bits per heavy atom. The molecule has 0 N–H and O–H groups in total. The van der Waals surface area contributed by atoms with Crippen LogP contribution in [-0.4, -0.2) is 44.9 Å². The van der Waals surface area contributed by atoms with Crippen molar-refractivity contribution in [2.45, 2.75) is 26.1 Å². The van der Waals surface area contributed by atoms with Crippen LogP contribution in [0, 0.1) is 6.92 Å². The number of hydrogen-bond acceptors (Lipinski definition) is 5. The van der Waals surface area contributed by atoms with Gasteiger partial charge in [-0.3, -0.25) is 0 Å². The molecule has 0 bridgehead atoms. The SMILES string of the molecule is COc1cccc(-c2cc(C)cc3c2OC(CN(C)C(=O)OCc2ccccc2)C3)c1OC. The third-order valence-corrected chi connectivity index (χ3v) is 5.73. The van der Waals surface area contributed by atoms with Gasteiger partial charge < -0.3 is 23.8 Å². The highest BCUT2D eigenvalue weighted by atomic mass is 16.6. The highest BCUT2D eigenvalue weighted by Gasteiger charge is 2.30. The number of nitrogens with zero attached hydrogens (tertiary/aromatic N) is 1. The summed E-state index contributed by atoms with van der Waals surface area (Å²) in [6.45, 7) is 2.74. The molecule has 0 radical (unpaired) electrons. The molecule has 3 aromatic rings. The molecule has 1 amide bonds. The number of aryl methyl sites for hydroxylation is 1. The average molecular weight is 448 g/mol. The molecule has 33 heavy (non-hydrogen) atoms. The summed E-state index contributed by atoms with van der Waals surface area (Å²) >= 11 is 0. The zero-order valence-electron chi connectivity index (χ0n) is 19.5. The van der Waals surface area contributed by atoms with E-state index in [1.165, 1.54) is 0 Å². The van der Waals surface area contributed by atoms with Gasteiger partial charge in [-0.05, 0) is 35.7 Å². The number of benzene rings is 3. The number of fused-ring (bicyclic) bond motifs is 1. The Kier molecular flexibility index (Phi) is 6.73. The average Bonchev–Trinajstić information content (AvgIpc) is 3.23. The maximum Gasteiger partial charge on any atom is 0.409 e. The number of methoxy groups -OCH3 is 2. The first kappa shape index (κ1) is 22.5. The lowest BCUT2D eigenvalue weighted by atomic mass is 9.97. The number of rotatable bonds is 7. The monoisotopic (exact) mass is 447 g/mol. The second kappa shape index (κ2) is 9.86. The predicted octanol–water partition coefficient (Wildman–Crippen LogP) is 5.25. The van der Waals surface area contributed by atoms with Crippen LogP contribution in [0.3, 0.4) is 0 Å². The normalized spacial score (nSPS) is 14.2. The van der Waals surface area contributed by atoms with Crippen LogP contribution in [0.1, 0.15) is 16.7 Å². The molecule has 0 aliphatic carbocycles. The molecule has 0 aromatic heterocycles. The highest BCUT2D eigenvalue weighted by molar-refractivity contribution is 5.80. The lowest BCUT2D eigenvalue weighted by Crippen LogP contribution is -2.36. The fourth-order valence-corrected chi connectivity index (χ4v) is 4.20. The van der Waals surface area contributed by atoms with Gasteiger partial charge in [-0.15, -0.1) is 0 Å². The van der Waals surface area contributed by atoms with Crippen molar-refractivity contribution in [3.63, 3.8) is 0 Å². The zero-order chi connectivity index (χ0) is 23.4. The zero-order valence-corrected chi connectivity index (χ0v) is 19.5. The van der Waals surface area contributed by atoms with Crippen LogP contribution < -0.4 is 14.2 Å². The molecule has 4 rings (SSSR count). The number of amides is 1. The number of likely N-dealkylation sites (N-methyl/N-ethyl adjacent to an activating group) is 1. The van der Waals surface area contributed by atoms with E-state index in [9.17, 15) is 4.79 Å². The van der Waals surface area contributed by atoms with Crippen LogP contribution in [0.4, 0.5) is 4.79 Å². The second-order valence-corrected chi connectivity index (χ2v) is 8.21. The van der Waals surface area contributed by atoms with E-state index >= 15 is 0 Å². The van der Waals surface area contributed by atoms with Crippen molar-refractivity contribution in [3.8, 4) is 28.4 Å². The van der Waals surface area contributed by atoms with Gasteiger partial charge in [0.15, 0.2) is 11.5 Å². The first-order valence-electron chi connectivity index (χ1n) is 10.9. The topological polar surface area (TPSA) is 57.2 Å². The van der Waals surface area contributed by atoms with Crippen molar-refractivity contribution < 1.29 is 23.7 Å². The highest BCUT2D eigenvalue weighted by Crippen LogP contribution is 2.45. The van der Waals surface area contributed by atoms with Crippen LogP contribution in [-0.2, 0) is 17.8 Å². The van der Waals surface area contributed by atoms with Crippen molar-refractivity contribution >= 4 is 6.09 Å².